The van der Waals surface area contributed by atoms with Crippen LogP contribution in [0.3, 0.4) is 0 Å². The lowest BCUT2D eigenvalue weighted by Gasteiger charge is -2.17. The van der Waals surface area contributed by atoms with Gasteiger partial charge in [-0.25, -0.2) is 0 Å². The number of benzene rings is 1. The number of ether oxygens (including phenoxy) is 1. The third-order valence-electron chi connectivity index (χ3n) is 2.94. The fraction of sp³-hybridized carbons (Fsp3) is 0.333. The molecule has 0 saturated carbocycles. The van der Waals surface area contributed by atoms with Gasteiger partial charge >= 0.3 is 0 Å². The van der Waals surface area contributed by atoms with Gasteiger partial charge in [0.05, 0.1) is 6.04 Å². The Hall–Kier alpha value is -0.810. The van der Waals surface area contributed by atoms with Crippen LogP contribution in [0.2, 0.25) is 5.02 Å². The first kappa shape index (κ1) is 15.6. The van der Waals surface area contributed by atoms with Crippen molar-refractivity contribution >= 4 is 27.5 Å². The van der Waals surface area contributed by atoms with Crippen molar-refractivity contribution in [1.29, 1.82) is 0 Å². The van der Waals surface area contributed by atoms with Crippen molar-refractivity contribution in [3.8, 4) is 0 Å². The molecule has 1 aromatic heterocycles. The summed E-state index contributed by atoms with van der Waals surface area (Å²) in [5.41, 5.74) is 0.995. The third kappa shape index (κ3) is 3.64. The SMILES string of the molecule is CCNC(c1ccc(COC)o1)c1ccc(Br)cc1Cl. The van der Waals surface area contributed by atoms with E-state index in [4.69, 9.17) is 20.8 Å². The minimum absolute atomic E-state index is 0.0637. The van der Waals surface area contributed by atoms with Crippen LogP contribution < -0.4 is 5.32 Å². The van der Waals surface area contributed by atoms with Gasteiger partial charge in [0.2, 0.25) is 0 Å². The van der Waals surface area contributed by atoms with Gasteiger partial charge < -0.3 is 14.5 Å². The molecule has 0 fully saturated rings. The molecule has 0 amide bonds. The number of rotatable bonds is 6. The van der Waals surface area contributed by atoms with E-state index in [0.29, 0.717) is 11.6 Å². The molecule has 0 radical (unpaired) electrons. The Morgan fingerprint density at radius 2 is 2.15 bits per heavy atom. The highest BCUT2D eigenvalue weighted by molar-refractivity contribution is 9.10. The molecule has 1 aromatic carbocycles. The van der Waals surface area contributed by atoms with Gasteiger partial charge in [-0.1, -0.05) is 40.5 Å². The van der Waals surface area contributed by atoms with Gasteiger partial charge in [0, 0.05) is 16.6 Å². The van der Waals surface area contributed by atoms with Crippen molar-refractivity contribution in [2.45, 2.75) is 19.6 Å². The molecule has 0 aliphatic heterocycles. The van der Waals surface area contributed by atoms with Crippen LogP contribution in [0.1, 0.15) is 30.0 Å². The normalized spacial score (nSPS) is 12.6. The average Bonchev–Trinajstić information content (AvgIpc) is 2.86. The van der Waals surface area contributed by atoms with Crippen molar-refractivity contribution in [2.75, 3.05) is 13.7 Å². The number of hydrogen-bond donors (Lipinski definition) is 1. The Kier molecular flexibility index (Phi) is 5.66. The molecule has 108 valence electrons. The molecule has 1 unspecified atom stereocenters. The maximum Gasteiger partial charge on any atom is 0.129 e. The summed E-state index contributed by atoms with van der Waals surface area (Å²) >= 11 is 9.76. The van der Waals surface area contributed by atoms with Crippen LogP contribution in [0, 0.1) is 0 Å². The van der Waals surface area contributed by atoms with Gasteiger partial charge in [-0.3, -0.25) is 0 Å². The van der Waals surface area contributed by atoms with Gasteiger partial charge in [0.25, 0.3) is 0 Å². The summed E-state index contributed by atoms with van der Waals surface area (Å²) in [7, 11) is 1.65. The number of hydrogen-bond acceptors (Lipinski definition) is 3. The average molecular weight is 359 g/mol. The number of halogens is 2. The van der Waals surface area contributed by atoms with E-state index >= 15 is 0 Å². The van der Waals surface area contributed by atoms with Crippen molar-refractivity contribution in [1.82, 2.24) is 5.32 Å². The van der Waals surface area contributed by atoms with Crippen molar-refractivity contribution in [3.63, 3.8) is 0 Å². The van der Waals surface area contributed by atoms with Gasteiger partial charge in [-0.05, 0) is 36.4 Å². The smallest absolute Gasteiger partial charge is 0.129 e. The van der Waals surface area contributed by atoms with Crippen LogP contribution in [0.4, 0.5) is 0 Å². The largest absolute Gasteiger partial charge is 0.462 e. The number of methoxy groups -OCH3 is 1. The second-order valence-electron chi connectivity index (χ2n) is 4.39. The fourth-order valence-electron chi connectivity index (χ4n) is 2.07. The lowest BCUT2D eigenvalue weighted by atomic mass is 10.0. The molecule has 2 rings (SSSR count). The van der Waals surface area contributed by atoms with Crippen LogP contribution in [-0.4, -0.2) is 13.7 Å². The summed E-state index contributed by atoms with van der Waals surface area (Å²) in [6.07, 6.45) is 0. The van der Waals surface area contributed by atoms with Gasteiger partial charge in [-0.15, -0.1) is 0 Å². The zero-order valence-corrected chi connectivity index (χ0v) is 13.8. The predicted molar refractivity (Wildman–Crippen MR) is 84.1 cm³/mol. The van der Waals surface area contributed by atoms with Crippen LogP contribution in [-0.2, 0) is 11.3 Å². The molecular weight excluding hydrogens is 342 g/mol. The summed E-state index contributed by atoms with van der Waals surface area (Å²) in [5, 5.41) is 4.10. The summed E-state index contributed by atoms with van der Waals surface area (Å²) in [6.45, 7) is 3.34. The Morgan fingerprint density at radius 1 is 1.35 bits per heavy atom. The molecule has 1 atom stereocenters. The summed E-state index contributed by atoms with van der Waals surface area (Å²) in [6, 6.07) is 9.69. The molecule has 3 nitrogen and oxygen atoms in total. The molecule has 20 heavy (non-hydrogen) atoms. The van der Waals surface area contributed by atoms with Crippen LogP contribution >= 0.6 is 27.5 Å². The highest BCUT2D eigenvalue weighted by Crippen LogP contribution is 2.31. The molecule has 0 spiro atoms. The Balaban J connectivity index is 2.34. The zero-order valence-electron chi connectivity index (χ0n) is 11.5. The first-order valence-corrected chi connectivity index (χ1v) is 7.58. The van der Waals surface area contributed by atoms with Gasteiger partial charge in [0.1, 0.15) is 18.1 Å². The fourth-order valence-corrected chi connectivity index (χ4v) is 2.86. The first-order valence-electron chi connectivity index (χ1n) is 6.41. The van der Waals surface area contributed by atoms with E-state index in [0.717, 1.165) is 28.1 Å². The predicted octanol–water partition coefficient (Wildman–Crippen LogP) is 4.54. The first-order chi connectivity index (χ1) is 9.65. The maximum atomic E-state index is 6.34. The molecular formula is C15H17BrClNO2. The lowest BCUT2D eigenvalue weighted by Crippen LogP contribution is -2.21. The number of furan rings is 1. The third-order valence-corrected chi connectivity index (χ3v) is 3.76. The monoisotopic (exact) mass is 357 g/mol. The maximum absolute atomic E-state index is 6.34. The van der Waals surface area contributed by atoms with E-state index in [1.165, 1.54) is 0 Å². The van der Waals surface area contributed by atoms with E-state index in [2.05, 4.69) is 28.2 Å². The van der Waals surface area contributed by atoms with E-state index in [1.807, 2.05) is 30.3 Å². The highest BCUT2D eigenvalue weighted by Gasteiger charge is 2.19. The minimum Gasteiger partial charge on any atom is -0.462 e. The second-order valence-corrected chi connectivity index (χ2v) is 5.72. The summed E-state index contributed by atoms with van der Waals surface area (Å²) in [5.74, 6) is 1.64. The quantitative estimate of drug-likeness (QED) is 0.823. The molecule has 0 bridgehead atoms. The molecule has 2 aromatic rings. The zero-order chi connectivity index (χ0) is 14.5. The molecule has 1 heterocycles. The van der Waals surface area contributed by atoms with Crippen LogP contribution in [0.5, 0.6) is 0 Å². The van der Waals surface area contributed by atoms with E-state index in [9.17, 15) is 0 Å². The number of nitrogens with one attached hydrogen (secondary N) is 1. The van der Waals surface area contributed by atoms with E-state index in [-0.39, 0.29) is 6.04 Å². The van der Waals surface area contributed by atoms with Crippen molar-refractivity contribution in [2.24, 2.45) is 0 Å². The topological polar surface area (TPSA) is 34.4 Å². The second kappa shape index (κ2) is 7.27. The van der Waals surface area contributed by atoms with Gasteiger partial charge in [0.15, 0.2) is 0 Å². The standard InChI is InChI=1S/C15H17BrClNO2/c1-3-18-15(12-6-4-10(16)8-13(12)17)14-7-5-11(20-14)9-19-2/h4-8,15,18H,3,9H2,1-2H3. The Morgan fingerprint density at radius 3 is 2.80 bits per heavy atom. The van der Waals surface area contributed by atoms with Crippen molar-refractivity contribution in [3.05, 3.63) is 56.9 Å². The van der Waals surface area contributed by atoms with E-state index < -0.39 is 0 Å². The lowest BCUT2D eigenvalue weighted by molar-refractivity contribution is 0.162. The van der Waals surface area contributed by atoms with Crippen LogP contribution in [0.25, 0.3) is 0 Å². The summed E-state index contributed by atoms with van der Waals surface area (Å²) in [4.78, 5) is 0. The Bertz CT molecular complexity index is 571. The molecule has 5 heteroatoms. The molecule has 0 saturated heterocycles. The van der Waals surface area contributed by atoms with Crippen LogP contribution in [0.15, 0.2) is 39.2 Å². The van der Waals surface area contributed by atoms with Gasteiger partial charge in [-0.2, -0.15) is 0 Å². The minimum atomic E-state index is -0.0637. The summed E-state index contributed by atoms with van der Waals surface area (Å²) < 4.78 is 11.9. The molecule has 0 aliphatic carbocycles. The molecule has 0 aliphatic rings. The van der Waals surface area contributed by atoms with E-state index in [1.54, 1.807) is 7.11 Å². The molecule has 1 N–H and O–H groups in total. The highest BCUT2D eigenvalue weighted by atomic mass is 79.9. The Labute approximate surface area is 132 Å². The van der Waals surface area contributed by atoms with Crippen molar-refractivity contribution < 1.29 is 9.15 Å².